The monoisotopic (exact) mass is 185 g/mol. The number of hydrogen-bond acceptors (Lipinski definition) is 1. The topological polar surface area (TPSA) is 26.0 Å². The summed E-state index contributed by atoms with van der Waals surface area (Å²) in [7, 11) is 0. The standard InChI is InChI=1S/C7H13F2N.ClH/c1-5(10)2-6-3-7(8,9)4-6;/h5-6H,2-4,10H2,1H3;1H. The average molecular weight is 186 g/mol. The highest BCUT2D eigenvalue weighted by Gasteiger charge is 2.44. The molecule has 0 saturated heterocycles. The van der Waals surface area contributed by atoms with Crippen LogP contribution in [0.4, 0.5) is 8.78 Å². The number of alkyl halides is 2. The number of hydrogen-bond donors (Lipinski definition) is 1. The lowest BCUT2D eigenvalue weighted by Crippen LogP contribution is -2.38. The van der Waals surface area contributed by atoms with Crippen molar-refractivity contribution in [1.82, 2.24) is 0 Å². The van der Waals surface area contributed by atoms with Gasteiger partial charge >= 0.3 is 0 Å². The van der Waals surface area contributed by atoms with E-state index in [2.05, 4.69) is 0 Å². The highest BCUT2D eigenvalue weighted by atomic mass is 35.5. The molecule has 0 radical (unpaired) electrons. The molecule has 0 heterocycles. The van der Waals surface area contributed by atoms with Crippen LogP contribution in [0.25, 0.3) is 0 Å². The summed E-state index contributed by atoms with van der Waals surface area (Å²) in [6.07, 6.45) is 0.846. The first-order valence-electron chi connectivity index (χ1n) is 3.63. The van der Waals surface area contributed by atoms with Crippen LogP contribution in [0.3, 0.4) is 0 Å². The number of halogens is 3. The normalized spacial score (nSPS) is 25.1. The first-order chi connectivity index (χ1) is 4.49. The van der Waals surface area contributed by atoms with Gasteiger partial charge in [-0.25, -0.2) is 8.78 Å². The van der Waals surface area contributed by atoms with E-state index >= 15 is 0 Å². The van der Waals surface area contributed by atoms with Gasteiger partial charge in [-0.2, -0.15) is 0 Å². The molecule has 0 amide bonds. The zero-order valence-electron chi connectivity index (χ0n) is 6.52. The maximum absolute atomic E-state index is 12.2. The average Bonchev–Trinajstić information content (AvgIpc) is 1.57. The van der Waals surface area contributed by atoms with Gasteiger partial charge in [-0.1, -0.05) is 0 Å². The van der Waals surface area contributed by atoms with Gasteiger partial charge < -0.3 is 5.73 Å². The Labute approximate surface area is 71.7 Å². The Kier molecular flexibility index (Phi) is 3.71. The van der Waals surface area contributed by atoms with Crippen molar-refractivity contribution < 1.29 is 8.78 Å². The fourth-order valence-electron chi connectivity index (χ4n) is 1.48. The minimum Gasteiger partial charge on any atom is -0.328 e. The molecule has 1 nitrogen and oxygen atoms in total. The molecule has 1 rings (SSSR count). The quantitative estimate of drug-likeness (QED) is 0.701. The molecule has 1 fully saturated rings. The summed E-state index contributed by atoms with van der Waals surface area (Å²) in [5.41, 5.74) is 5.45. The number of rotatable bonds is 2. The van der Waals surface area contributed by atoms with Crippen LogP contribution < -0.4 is 5.73 Å². The predicted molar refractivity (Wildman–Crippen MR) is 43.2 cm³/mol. The highest BCUT2D eigenvalue weighted by Crippen LogP contribution is 2.44. The number of nitrogens with two attached hydrogens (primary N) is 1. The summed E-state index contributed by atoms with van der Waals surface area (Å²) < 4.78 is 24.4. The van der Waals surface area contributed by atoms with Crippen LogP contribution >= 0.6 is 12.4 Å². The van der Waals surface area contributed by atoms with Gasteiger partial charge in [-0.3, -0.25) is 0 Å². The van der Waals surface area contributed by atoms with Crippen molar-refractivity contribution in [1.29, 1.82) is 0 Å². The molecular weight excluding hydrogens is 172 g/mol. The molecule has 1 atom stereocenters. The minimum atomic E-state index is -2.38. The second-order valence-corrected chi connectivity index (χ2v) is 3.34. The van der Waals surface area contributed by atoms with Crippen molar-refractivity contribution in [3.63, 3.8) is 0 Å². The molecule has 0 aliphatic heterocycles. The molecule has 68 valence electrons. The van der Waals surface area contributed by atoms with Gasteiger partial charge in [0.25, 0.3) is 0 Å². The lowest BCUT2D eigenvalue weighted by Gasteiger charge is -2.35. The van der Waals surface area contributed by atoms with E-state index in [1.165, 1.54) is 0 Å². The van der Waals surface area contributed by atoms with Crippen molar-refractivity contribution in [2.45, 2.75) is 38.2 Å². The first-order valence-corrected chi connectivity index (χ1v) is 3.63. The molecule has 0 aromatic rings. The molecule has 0 bridgehead atoms. The molecular formula is C7H14ClF2N. The molecule has 1 aliphatic rings. The van der Waals surface area contributed by atoms with E-state index < -0.39 is 5.92 Å². The zero-order chi connectivity index (χ0) is 7.78. The molecule has 4 heteroatoms. The molecule has 1 aliphatic carbocycles. The molecule has 0 aromatic carbocycles. The van der Waals surface area contributed by atoms with Gasteiger partial charge in [0.05, 0.1) is 0 Å². The van der Waals surface area contributed by atoms with Crippen molar-refractivity contribution in [3.8, 4) is 0 Å². The van der Waals surface area contributed by atoms with Gasteiger partial charge in [0.1, 0.15) is 0 Å². The van der Waals surface area contributed by atoms with Crippen LogP contribution in [-0.2, 0) is 0 Å². The van der Waals surface area contributed by atoms with E-state index in [1.54, 1.807) is 0 Å². The van der Waals surface area contributed by atoms with Crippen LogP contribution in [0.1, 0.15) is 26.2 Å². The Balaban J connectivity index is 0.000001000. The Morgan fingerprint density at radius 3 is 2.27 bits per heavy atom. The second-order valence-electron chi connectivity index (χ2n) is 3.34. The summed E-state index contributed by atoms with van der Waals surface area (Å²) >= 11 is 0. The molecule has 2 N–H and O–H groups in total. The largest absolute Gasteiger partial charge is 0.328 e. The third-order valence-electron chi connectivity index (χ3n) is 1.88. The van der Waals surface area contributed by atoms with Crippen LogP contribution in [0.15, 0.2) is 0 Å². The van der Waals surface area contributed by atoms with Crippen LogP contribution in [-0.4, -0.2) is 12.0 Å². The summed E-state index contributed by atoms with van der Waals surface area (Å²) in [6, 6.07) is 0.0705. The molecule has 0 spiro atoms. The first kappa shape index (κ1) is 11.1. The van der Waals surface area contributed by atoms with Gasteiger partial charge in [-0.15, -0.1) is 12.4 Å². The van der Waals surface area contributed by atoms with Crippen LogP contribution in [0.2, 0.25) is 0 Å². The van der Waals surface area contributed by atoms with E-state index in [-0.39, 0.29) is 37.2 Å². The van der Waals surface area contributed by atoms with E-state index in [0.29, 0.717) is 0 Å². The summed E-state index contributed by atoms with van der Waals surface area (Å²) in [5.74, 6) is -2.20. The van der Waals surface area contributed by atoms with E-state index in [0.717, 1.165) is 6.42 Å². The van der Waals surface area contributed by atoms with Crippen molar-refractivity contribution in [2.75, 3.05) is 0 Å². The molecule has 1 saturated carbocycles. The minimum absolute atomic E-state index is 0. The van der Waals surface area contributed by atoms with E-state index in [9.17, 15) is 8.78 Å². The summed E-state index contributed by atoms with van der Waals surface area (Å²) in [5, 5.41) is 0. The maximum atomic E-state index is 12.2. The Morgan fingerprint density at radius 1 is 1.55 bits per heavy atom. The fraction of sp³-hybridized carbons (Fsp3) is 1.00. The highest BCUT2D eigenvalue weighted by molar-refractivity contribution is 5.85. The fourth-order valence-corrected chi connectivity index (χ4v) is 1.48. The molecule has 0 aromatic heterocycles. The second kappa shape index (κ2) is 3.68. The Hall–Kier alpha value is 0.110. The van der Waals surface area contributed by atoms with Gasteiger partial charge in [0, 0.05) is 18.9 Å². The Bertz CT molecular complexity index is 117. The van der Waals surface area contributed by atoms with Crippen molar-refractivity contribution in [3.05, 3.63) is 0 Å². The van der Waals surface area contributed by atoms with Gasteiger partial charge in [-0.05, 0) is 19.3 Å². The lowest BCUT2D eigenvalue weighted by molar-refractivity contribution is -0.112. The van der Waals surface area contributed by atoms with Crippen LogP contribution in [0, 0.1) is 5.92 Å². The lowest BCUT2D eigenvalue weighted by atomic mass is 9.78. The van der Waals surface area contributed by atoms with Crippen molar-refractivity contribution in [2.24, 2.45) is 11.7 Å². The third-order valence-corrected chi connectivity index (χ3v) is 1.88. The van der Waals surface area contributed by atoms with Crippen LogP contribution in [0.5, 0.6) is 0 Å². The van der Waals surface area contributed by atoms with E-state index in [4.69, 9.17) is 5.73 Å². The third kappa shape index (κ3) is 3.34. The molecule has 1 unspecified atom stereocenters. The SMILES string of the molecule is CC(N)CC1CC(F)(F)C1.Cl. The molecule has 11 heavy (non-hydrogen) atoms. The predicted octanol–water partition coefficient (Wildman–Crippen LogP) is 2.19. The smallest absolute Gasteiger partial charge is 0.248 e. The van der Waals surface area contributed by atoms with E-state index in [1.807, 2.05) is 6.92 Å². The van der Waals surface area contributed by atoms with Gasteiger partial charge in [0.2, 0.25) is 5.92 Å². The zero-order valence-corrected chi connectivity index (χ0v) is 7.33. The van der Waals surface area contributed by atoms with Gasteiger partial charge in [0.15, 0.2) is 0 Å². The maximum Gasteiger partial charge on any atom is 0.248 e. The summed E-state index contributed by atoms with van der Waals surface area (Å²) in [6.45, 7) is 1.86. The van der Waals surface area contributed by atoms with Crippen molar-refractivity contribution >= 4 is 12.4 Å². The Morgan fingerprint density at radius 2 is 2.00 bits per heavy atom. The summed E-state index contributed by atoms with van der Waals surface area (Å²) in [4.78, 5) is 0.